The summed E-state index contributed by atoms with van der Waals surface area (Å²) in [5, 5.41) is 0.0438. The Balaban J connectivity index is 3.27. The number of aryl methyl sites for hydroxylation is 1. The van der Waals surface area contributed by atoms with Gasteiger partial charge in [0.15, 0.2) is 0 Å². The summed E-state index contributed by atoms with van der Waals surface area (Å²) in [6.45, 7) is 12.6. The normalized spacial score (nSPS) is 11.7. The van der Waals surface area contributed by atoms with Gasteiger partial charge in [-0.3, -0.25) is 4.79 Å². The van der Waals surface area contributed by atoms with E-state index in [1.165, 1.54) is 0 Å². The van der Waals surface area contributed by atoms with Crippen LogP contribution in [0.1, 0.15) is 36.7 Å². The lowest BCUT2D eigenvalue weighted by molar-refractivity contribution is 0.00232. The number of benzene rings is 1. The van der Waals surface area contributed by atoms with Gasteiger partial charge in [-0.15, -0.1) is 0 Å². The van der Waals surface area contributed by atoms with Crippen molar-refractivity contribution < 1.29 is 14.0 Å². The second kappa shape index (κ2) is 5.73. The van der Waals surface area contributed by atoms with Crippen LogP contribution < -0.4 is 4.43 Å². The van der Waals surface area contributed by atoms with Crippen molar-refractivity contribution >= 4 is 20.3 Å². The maximum absolute atomic E-state index is 11.9. The fraction of sp³-hybridized carbons (Fsp3) is 0.467. The molecule has 0 aliphatic heterocycles. The first kappa shape index (κ1) is 16.3. The average Bonchev–Trinajstić information content (AvgIpc) is 2.27. The van der Waals surface area contributed by atoms with Crippen molar-refractivity contribution in [2.45, 2.75) is 45.8 Å². The number of carbonyl (C=O) groups excluding carboxylic acids is 1. The largest absolute Gasteiger partial charge is 0.543 e. The molecule has 0 N–H and O–H groups in total. The molecule has 0 aromatic heterocycles. The van der Waals surface area contributed by atoms with E-state index in [2.05, 4.69) is 38.7 Å². The number of nitrogens with zero attached hydrogens (tertiary/aromatic N) is 2. The lowest BCUT2D eigenvalue weighted by Crippen LogP contribution is -2.44. The minimum Gasteiger partial charge on any atom is -0.543 e. The highest BCUT2D eigenvalue weighted by atomic mass is 28.4. The number of hydrogen-bond acceptors (Lipinski definition) is 2. The number of hydrogen-bond donors (Lipinski definition) is 0. The number of Topliss-reactive ketones (excluding diaryl/α,β-unsaturated/α-hetero) is 1. The van der Waals surface area contributed by atoms with Crippen LogP contribution in [0.25, 0.3) is 5.53 Å². The monoisotopic (exact) mass is 290 g/mol. The Morgan fingerprint density at radius 1 is 1.35 bits per heavy atom. The molecule has 0 amide bonds. The molecule has 5 heteroatoms. The molecule has 1 aromatic rings. The van der Waals surface area contributed by atoms with Crippen LogP contribution in [0.2, 0.25) is 18.1 Å². The average molecular weight is 290 g/mol. The minimum absolute atomic E-state index is 0.0438. The minimum atomic E-state index is -2.03. The van der Waals surface area contributed by atoms with E-state index in [0.717, 1.165) is 11.8 Å². The van der Waals surface area contributed by atoms with Gasteiger partial charge in [0, 0.05) is 0 Å². The van der Waals surface area contributed by atoms with Crippen LogP contribution in [0.15, 0.2) is 18.2 Å². The molecule has 0 unspecified atom stereocenters. The van der Waals surface area contributed by atoms with Gasteiger partial charge in [-0.2, -0.15) is 4.79 Å². The maximum Gasteiger partial charge on any atom is 0.328 e. The molecule has 108 valence electrons. The van der Waals surface area contributed by atoms with Gasteiger partial charge in [-0.1, -0.05) is 26.8 Å². The highest BCUT2D eigenvalue weighted by Crippen LogP contribution is 2.38. The second-order valence-electron chi connectivity index (χ2n) is 6.47. The molecule has 1 rings (SSSR count). The molecule has 1 aromatic carbocycles. The second-order valence-corrected chi connectivity index (χ2v) is 11.2. The fourth-order valence-corrected chi connectivity index (χ4v) is 2.49. The molecule has 0 bridgehead atoms. The molecule has 4 nitrogen and oxygen atoms in total. The van der Waals surface area contributed by atoms with Crippen molar-refractivity contribution in [1.82, 2.24) is 0 Å². The highest BCUT2D eigenvalue weighted by molar-refractivity contribution is 6.74. The van der Waals surface area contributed by atoms with Gasteiger partial charge >= 0.3 is 6.21 Å². The predicted octanol–water partition coefficient (Wildman–Crippen LogP) is 3.86. The Hall–Kier alpha value is -1.71. The Bertz CT molecular complexity index is 568. The molecular formula is C15H22N2O2Si. The zero-order chi connectivity index (χ0) is 15.6. The summed E-state index contributed by atoms with van der Waals surface area (Å²) in [6, 6.07) is 5.41. The SMILES string of the molecule is Cc1ccc(C(=O)C=[N+]=[N-])c(O[Si](C)(C)C(C)(C)C)c1. The van der Waals surface area contributed by atoms with Crippen LogP contribution in [-0.4, -0.2) is 25.1 Å². The third-order valence-electron chi connectivity index (χ3n) is 3.75. The van der Waals surface area contributed by atoms with Gasteiger partial charge in [0.2, 0.25) is 0 Å². The van der Waals surface area contributed by atoms with Crippen molar-refractivity contribution in [3.8, 4) is 5.75 Å². The standard InChI is InChI=1S/C15H22N2O2Si/c1-11-7-8-12(13(18)10-17-16)14(9-11)19-20(5,6)15(2,3)4/h7-10H,1-6H3. The Morgan fingerprint density at radius 2 is 1.95 bits per heavy atom. The van der Waals surface area contributed by atoms with Crippen molar-refractivity contribution in [2.75, 3.05) is 0 Å². The molecule has 0 atom stereocenters. The van der Waals surface area contributed by atoms with E-state index in [0.29, 0.717) is 11.3 Å². The smallest absolute Gasteiger partial charge is 0.328 e. The van der Waals surface area contributed by atoms with Crippen LogP contribution in [0.5, 0.6) is 5.75 Å². The first-order chi connectivity index (χ1) is 9.08. The van der Waals surface area contributed by atoms with Crippen LogP contribution in [0.4, 0.5) is 0 Å². The lowest BCUT2D eigenvalue weighted by atomic mass is 10.1. The molecule has 0 saturated carbocycles. The summed E-state index contributed by atoms with van der Waals surface area (Å²) in [5.41, 5.74) is 9.97. The zero-order valence-corrected chi connectivity index (χ0v) is 14.0. The van der Waals surface area contributed by atoms with Crippen LogP contribution in [0.3, 0.4) is 0 Å². The Morgan fingerprint density at radius 3 is 2.45 bits per heavy atom. The molecular weight excluding hydrogens is 268 g/mol. The molecule has 0 aliphatic carbocycles. The van der Waals surface area contributed by atoms with E-state index < -0.39 is 8.32 Å². The van der Waals surface area contributed by atoms with Gasteiger partial charge in [-0.05, 0) is 42.8 Å². The molecule has 20 heavy (non-hydrogen) atoms. The van der Waals surface area contributed by atoms with Crippen molar-refractivity contribution in [3.63, 3.8) is 0 Å². The first-order valence-electron chi connectivity index (χ1n) is 6.60. The maximum atomic E-state index is 11.9. The fourth-order valence-electron chi connectivity index (χ4n) is 1.47. The quantitative estimate of drug-likeness (QED) is 0.278. The number of ketones is 1. The van der Waals surface area contributed by atoms with Gasteiger partial charge in [0.1, 0.15) is 5.75 Å². The van der Waals surface area contributed by atoms with Crippen molar-refractivity contribution in [1.29, 1.82) is 0 Å². The zero-order valence-electron chi connectivity index (χ0n) is 13.0. The molecule has 0 saturated heterocycles. The summed E-state index contributed by atoms with van der Waals surface area (Å²) in [6.07, 6.45) is 0.892. The number of carbonyl (C=O) groups is 1. The van der Waals surface area contributed by atoms with Crippen molar-refractivity contribution in [2.24, 2.45) is 0 Å². The summed E-state index contributed by atoms with van der Waals surface area (Å²) < 4.78 is 6.22. The lowest BCUT2D eigenvalue weighted by Gasteiger charge is -2.36. The highest BCUT2D eigenvalue weighted by Gasteiger charge is 2.39. The third kappa shape index (κ3) is 3.65. The first-order valence-corrected chi connectivity index (χ1v) is 9.51. The molecule has 0 fully saturated rings. The van der Waals surface area contributed by atoms with E-state index in [4.69, 9.17) is 9.96 Å². The van der Waals surface area contributed by atoms with Crippen LogP contribution in [-0.2, 0) is 0 Å². The predicted molar refractivity (Wildman–Crippen MR) is 83.0 cm³/mol. The van der Waals surface area contributed by atoms with E-state index in [-0.39, 0.29) is 10.8 Å². The van der Waals surface area contributed by atoms with Crippen LogP contribution >= 0.6 is 0 Å². The van der Waals surface area contributed by atoms with Gasteiger partial charge in [0.25, 0.3) is 14.1 Å². The molecule has 0 heterocycles. The van der Waals surface area contributed by atoms with Gasteiger partial charge in [0.05, 0.1) is 5.56 Å². The summed E-state index contributed by atoms with van der Waals surface area (Å²) in [5.74, 6) is 0.211. The summed E-state index contributed by atoms with van der Waals surface area (Å²) in [7, 11) is -2.03. The molecule has 0 radical (unpaired) electrons. The van der Waals surface area contributed by atoms with E-state index in [1.807, 2.05) is 19.1 Å². The summed E-state index contributed by atoms with van der Waals surface area (Å²) in [4.78, 5) is 14.7. The number of rotatable bonds is 4. The Labute approximate surface area is 121 Å². The van der Waals surface area contributed by atoms with E-state index >= 15 is 0 Å². The molecule has 0 spiro atoms. The van der Waals surface area contributed by atoms with Gasteiger partial charge < -0.3 is 9.96 Å². The third-order valence-corrected chi connectivity index (χ3v) is 8.09. The summed E-state index contributed by atoms with van der Waals surface area (Å²) >= 11 is 0. The Kier molecular flexibility index (Phi) is 4.68. The topological polar surface area (TPSA) is 62.7 Å². The van der Waals surface area contributed by atoms with E-state index in [1.54, 1.807) is 6.07 Å². The van der Waals surface area contributed by atoms with Crippen molar-refractivity contribution in [3.05, 3.63) is 34.9 Å². The molecule has 0 aliphatic rings. The van der Waals surface area contributed by atoms with Crippen LogP contribution in [0, 0.1) is 6.92 Å². The van der Waals surface area contributed by atoms with E-state index in [9.17, 15) is 4.79 Å². The van der Waals surface area contributed by atoms with Gasteiger partial charge in [-0.25, -0.2) is 0 Å².